The van der Waals surface area contributed by atoms with Gasteiger partial charge >= 0.3 is 6.09 Å². The Labute approximate surface area is 136 Å². The van der Waals surface area contributed by atoms with Gasteiger partial charge in [-0.2, -0.15) is 0 Å². The summed E-state index contributed by atoms with van der Waals surface area (Å²) >= 11 is 0. The van der Waals surface area contributed by atoms with Crippen molar-refractivity contribution in [3.05, 3.63) is 40.9 Å². The van der Waals surface area contributed by atoms with Gasteiger partial charge in [0, 0.05) is 37.6 Å². The van der Waals surface area contributed by atoms with E-state index in [1.165, 1.54) is 17.7 Å². The molecule has 1 amide bonds. The largest absolute Gasteiger partial charge is 0.465 e. The highest BCUT2D eigenvalue weighted by Gasteiger charge is 2.36. The molecule has 1 aliphatic heterocycles. The quantitative estimate of drug-likeness (QED) is 0.867. The molecule has 0 aliphatic carbocycles. The first-order valence-electron chi connectivity index (χ1n) is 7.32. The Kier molecular flexibility index (Phi) is 4.15. The first-order chi connectivity index (χ1) is 11.5. The Hall–Kier alpha value is -2.97. The van der Waals surface area contributed by atoms with Crippen LogP contribution < -0.4 is 10.9 Å². The summed E-state index contributed by atoms with van der Waals surface area (Å²) in [6, 6.07) is 4.05. The fraction of sp³-hybridized carbons (Fsp3) is 0.333. The summed E-state index contributed by atoms with van der Waals surface area (Å²) < 4.78 is 15.3. The molecule has 0 saturated carbocycles. The van der Waals surface area contributed by atoms with Crippen molar-refractivity contribution in [2.24, 2.45) is 7.05 Å². The number of hydrogen-bond acceptors (Lipinski definition) is 5. The Bertz CT molecular complexity index is 811. The van der Waals surface area contributed by atoms with Crippen molar-refractivity contribution >= 4 is 12.0 Å². The average molecular weight is 333 g/mol. The lowest BCUT2D eigenvalue weighted by atomic mass is 10.2. The number of carboxylic acid groups (broad SMARTS) is 1. The topological polar surface area (TPSA) is 100 Å². The van der Waals surface area contributed by atoms with E-state index in [0.717, 1.165) is 4.90 Å². The SMILES string of the molecule is Cn1c(NC2CN(C(=O)O)CC2F)nc(-c2ccncc2)cc1=O. The number of halogens is 1. The second kappa shape index (κ2) is 6.26. The number of rotatable bonds is 3. The number of pyridine rings is 1. The maximum atomic E-state index is 14.0. The van der Waals surface area contributed by atoms with Gasteiger partial charge in [0.2, 0.25) is 5.95 Å². The molecule has 0 radical (unpaired) electrons. The van der Waals surface area contributed by atoms with Crippen LogP contribution in [0.15, 0.2) is 35.4 Å². The van der Waals surface area contributed by atoms with Gasteiger partial charge in [0.15, 0.2) is 0 Å². The minimum Gasteiger partial charge on any atom is -0.465 e. The van der Waals surface area contributed by atoms with Gasteiger partial charge in [-0.3, -0.25) is 14.3 Å². The zero-order valence-corrected chi connectivity index (χ0v) is 12.9. The Morgan fingerprint density at radius 3 is 2.71 bits per heavy atom. The van der Waals surface area contributed by atoms with Gasteiger partial charge < -0.3 is 15.3 Å². The van der Waals surface area contributed by atoms with Crippen molar-refractivity contribution in [1.29, 1.82) is 0 Å². The van der Waals surface area contributed by atoms with Gasteiger partial charge in [-0.15, -0.1) is 0 Å². The van der Waals surface area contributed by atoms with Crippen molar-refractivity contribution < 1.29 is 14.3 Å². The zero-order chi connectivity index (χ0) is 17.3. The third-order valence-electron chi connectivity index (χ3n) is 3.94. The molecule has 1 aliphatic rings. The lowest BCUT2D eigenvalue weighted by Gasteiger charge is -2.17. The highest BCUT2D eigenvalue weighted by molar-refractivity contribution is 5.66. The monoisotopic (exact) mass is 333 g/mol. The van der Waals surface area contributed by atoms with Crippen molar-refractivity contribution in [2.45, 2.75) is 12.2 Å². The fourth-order valence-electron chi connectivity index (χ4n) is 2.56. The van der Waals surface area contributed by atoms with Crippen LogP contribution in [0, 0.1) is 0 Å². The number of likely N-dealkylation sites (tertiary alicyclic amines) is 1. The minimum atomic E-state index is -1.37. The maximum absolute atomic E-state index is 14.0. The van der Waals surface area contributed by atoms with E-state index in [4.69, 9.17) is 5.11 Å². The van der Waals surface area contributed by atoms with Gasteiger partial charge in [0.1, 0.15) is 6.17 Å². The third kappa shape index (κ3) is 3.05. The summed E-state index contributed by atoms with van der Waals surface area (Å²) in [4.78, 5) is 32.4. The molecule has 8 nitrogen and oxygen atoms in total. The molecule has 3 heterocycles. The highest BCUT2D eigenvalue weighted by atomic mass is 19.1. The second-order valence-electron chi connectivity index (χ2n) is 5.55. The summed E-state index contributed by atoms with van der Waals surface area (Å²) in [5.74, 6) is 0.189. The van der Waals surface area contributed by atoms with E-state index in [1.807, 2.05) is 0 Å². The third-order valence-corrected chi connectivity index (χ3v) is 3.94. The number of carbonyl (C=O) groups is 1. The number of aromatic nitrogens is 3. The zero-order valence-electron chi connectivity index (χ0n) is 12.9. The average Bonchev–Trinajstić information content (AvgIpc) is 2.93. The normalized spacial score (nSPS) is 20.2. The van der Waals surface area contributed by atoms with Crippen LogP contribution in [0.4, 0.5) is 15.1 Å². The summed E-state index contributed by atoms with van der Waals surface area (Å²) in [7, 11) is 1.52. The molecular weight excluding hydrogens is 317 g/mol. The molecule has 24 heavy (non-hydrogen) atoms. The molecule has 0 aromatic carbocycles. The van der Waals surface area contributed by atoms with Crippen molar-refractivity contribution in [3.8, 4) is 11.3 Å². The number of anilines is 1. The van der Waals surface area contributed by atoms with E-state index in [2.05, 4.69) is 15.3 Å². The van der Waals surface area contributed by atoms with Gasteiger partial charge in [0.25, 0.3) is 5.56 Å². The molecule has 2 unspecified atom stereocenters. The van der Waals surface area contributed by atoms with E-state index < -0.39 is 18.3 Å². The number of alkyl halides is 1. The Balaban J connectivity index is 1.90. The maximum Gasteiger partial charge on any atom is 0.407 e. The van der Waals surface area contributed by atoms with Crippen LogP contribution in [0.2, 0.25) is 0 Å². The number of nitrogens with zero attached hydrogens (tertiary/aromatic N) is 4. The summed E-state index contributed by atoms with van der Waals surface area (Å²) in [6.45, 7) is -0.211. The molecule has 2 aromatic heterocycles. The fourth-order valence-corrected chi connectivity index (χ4v) is 2.56. The van der Waals surface area contributed by atoms with Crippen molar-refractivity contribution in [3.63, 3.8) is 0 Å². The molecular formula is C15H16FN5O3. The van der Waals surface area contributed by atoms with Crippen LogP contribution in [-0.4, -0.2) is 55.9 Å². The van der Waals surface area contributed by atoms with Crippen molar-refractivity contribution in [2.75, 3.05) is 18.4 Å². The summed E-state index contributed by atoms with van der Waals surface area (Å²) in [6.07, 6.45) is 0.624. The number of amides is 1. The number of nitrogens with one attached hydrogen (secondary N) is 1. The molecule has 9 heteroatoms. The Morgan fingerprint density at radius 2 is 2.08 bits per heavy atom. The van der Waals surface area contributed by atoms with E-state index >= 15 is 0 Å². The standard InChI is InChI=1S/C15H16FN5O3/c1-20-13(22)6-11(9-2-4-17-5-3-9)18-14(20)19-12-8-21(15(23)24)7-10(12)16/h2-6,10,12H,7-8H2,1H3,(H,18,19)(H,23,24). The first-order valence-corrected chi connectivity index (χ1v) is 7.32. The van der Waals surface area contributed by atoms with Crippen LogP contribution in [0.3, 0.4) is 0 Å². The van der Waals surface area contributed by atoms with Gasteiger partial charge in [-0.25, -0.2) is 14.2 Å². The van der Waals surface area contributed by atoms with Crippen LogP contribution in [0.1, 0.15) is 0 Å². The summed E-state index contributed by atoms with van der Waals surface area (Å²) in [5, 5.41) is 11.8. The molecule has 0 bridgehead atoms. The summed E-state index contributed by atoms with van der Waals surface area (Å²) in [5.41, 5.74) is 0.843. The van der Waals surface area contributed by atoms with E-state index in [-0.39, 0.29) is 24.6 Å². The Morgan fingerprint density at radius 1 is 1.38 bits per heavy atom. The van der Waals surface area contributed by atoms with Crippen LogP contribution in [-0.2, 0) is 7.05 Å². The minimum absolute atomic E-state index is 0.00808. The molecule has 2 aromatic rings. The van der Waals surface area contributed by atoms with Crippen LogP contribution >= 0.6 is 0 Å². The van der Waals surface area contributed by atoms with Crippen LogP contribution in [0.5, 0.6) is 0 Å². The molecule has 3 rings (SSSR count). The molecule has 1 saturated heterocycles. The van der Waals surface area contributed by atoms with Gasteiger partial charge in [-0.05, 0) is 12.1 Å². The first kappa shape index (κ1) is 15.9. The van der Waals surface area contributed by atoms with Crippen LogP contribution in [0.25, 0.3) is 11.3 Å². The van der Waals surface area contributed by atoms with Gasteiger partial charge in [-0.1, -0.05) is 0 Å². The predicted octanol–water partition coefficient (Wildman–Crippen LogP) is 0.955. The molecule has 0 spiro atoms. The number of hydrogen-bond donors (Lipinski definition) is 2. The smallest absolute Gasteiger partial charge is 0.407 e. The van der Waals surface area contributed by atoms with E-state index in [1.54, 1.807) is 24.5 Å². The van der Waals surface area contributed by atoms with E-state index in [9.17, 15) is 14.0 Å². The highest BCUT2D eigenvalue weighted by Crippen LogP contribution is 2.20. The molecule has 1 fully saturated rings. The molecule has 126 valence electrons. The molecule has 2 atom stereocenters. The lowest BCUT2D eigenvalue weighted by Crippen LogP contribution is -2.34. The van der Waals surface area contributed by atoms with Gasteiger partial charge in [0.05, 0.1) is 18.3 Å². The van der Waals surface area contributed by atoms with Crippen molar-refractivity contribution in [1.82, 2.24) is 19.4 Å². The molecule has 2 N–H and O–H groups in total. The predicted molar refractivity (Wildman–Crippen MR) is 84.6 cm³/mol. The second-order valence-corrected chi connectivity index (χ2v) is 5.55. The van der Waals surface area contributed by atoms with E-state index in [0.29, 0.717) is 11.3 Å². The lowest BCUT2D eigenvalue weighted by molar-refractivity contribution is 0.152.